The summed E-state index contributed by atoms with van der Waals surface area (Å²) < 4.78 is 0. The Hall–Kier alpha value is -1.51. The van der Waals surface area contributed by atoms with Crippen LogP contribution in [0.25, 0.3) is 0 Å². The van der Waals surface area contributed by atoms with E-state index in [1.54, 1.807) is 0 Å². The smallest absolute Gasteiger partial charge is 0.242 e. The molecule has 1 fully saturated rings. The molecule has 0 radical (unpaired) electrons. The Morgan fingerprint density at radius 2 is 2.00 bits per heavy atom. The number of rotatable bonds is 6. The van der Waals surface area contributed by atoms with Crippen LogP contribution in [0.2, 0.25) is 0 Å². The second-order valence-corrected chi connectivity index (χ2v) is 5.10. The second kappa shape index (κ2) is 5.89. The van der Waals surface area contributed by atoms with Gasteiger partial charge in [0.05, 0.1) is 0 Å². The molecule has 0 saturated heterocycles. The molecule has 1 saturated carbocycles. The first-order chi connectivity index (χ1) is 8.69. The SMILES string of the molecule is CCCc1ccc(NC(C)C(=O)NC2CC2)cc1. The minimum absolute atomic E-state index is 0.0927. The number of anilines is 1. The molecular weight excluding hydrogens is 224 g/mol. The maximum atomic E-state index is 11.8. The number of carbonyl (C=O) groups is 1. The lowest BCUT2D eigenvalue weighted by Gasteiger charge is -2.15. The van der Waals surface area contributed by atoms with Crippen molar-refractivity contribution in [2.75, 3.05) is 5.32 Å². The Morgan fingerprint density at radius 3 is 2.56 bits per heavy atom. The highest BCUT2D eigenvalue weighted by Gasteiger charge is 2.25. The molecule has 1 amide bonds. The molecule has 98 valence electrons. The van der Waals surface area contributed by atoms with Crippen molar-refractivity contribution in [3.05, 3.63) is 29.8 Å². The average Bonchev–Trinajstić information content (AvgIpc) is 3.16. The van der Waals surface area contributed by atoms with E-state index in [2.05, 4.69) is 29.7 Å². The molecule has 0 aliphatic heterocycles. The van der Waals surface area contributed by atoms with Crippen molar-refractivity contribution < 1.29 is 4.79 Å². The molecule has 2 rings (SSSR count). The lowest BCUT2D eigenvalue weighted by Crippen LogP contribution is -2.38. The van der Waals surface area contributed by atoms with Gasteiger partial charge in [-0.25, -0.2) is 0 Å². The Morgan fingerprint density at radius 1 is 1.33 bits per heavy atom. The van der Waals surface area contributed by atoms with Gasteiger partial charge in [0, 0.05) is 11.7 Å². The van der Waals surface area contributed by atoms with Crippen LogP contribution in [-0.4, -0.2) is 18.0 Å². The molecule has 0 heterocycles. The lowest BCUT2D eigenvalue weighted by atomic mass is 10.1. The van der Waals surface area contributed by atoms with Crippen LogP contribution in [0.15, 0.2) is 24.3 Å². The topological polar surface area (TPSA) is 41.1 Å². The van der Waals surface area contributed by atoms with Gasteiger partial charge >= 0.3 is 0 Å². The summed E-state index contributed by atoms with van der Waals surface area (Å²) in [7, 11) is 0. The van der Waals surface area contributed by atoms with Gasteiger partial charge in [0.25, 0.3) is 0 Å². The maximum absolute atomic E-state index is 11.8. The third kappa shape index (κ3) is 3.76. The summed E-state index contributed by atoms with van der Waals surface area (Å²) in [5.41, 5.74) is 2.35. The number of aryl methyl sites for hydroxylation is 1. The van der Waals surface area contributed by atoms with Gasteiger partial charge in [-0.05, 0) is 43.9 Å². The van der Waals surface area contributed by atoms with E-state index in [0.717, 1.165) is 31.4 Å². The number of carbonyl (C=O) groups excluding carboxylic acids is 1. The first kappa shape index (κ1) is 12.9. The summed E-state index contributed by atoms with van der Waals surface area (Å²) in [6.07, 6.45) is 4.53. The number of hydrogen-bond donors (Lipinski definition) is 2. The lowest BCUT2D eigenvalue weighted by molar-refractivity contribution is -0.121. The summed E-state index contributed by atoms with van der Waals surface area (Å²) in [6.45, 7) is 4.08. The molecule has 3 nitrogen and oxygen atoms in total. The molecule has 0 spiro atoms. The van der Waals surface area contributed by atoms with E-state index in [-0.39, 0.29) is 11.9 Å². The zero-order valence-corrected chi connectivity index (χ0v) is 11.2. The largest absolute Gasteiger partial charge is 0.374 e. The molecule has 2 N–H and O–H groups in total. The maximum Gasteiger partial charge on any atom is 0.242 e. The van der Waals surface area contributed by atoms with E-state index in [0.29, 0.717) is 6.04 Å². The third-order valence-corrected chi connectivity index (χ3v) is 3.19. The van der Waals surface area contributed by atoms with Crippen molar-refractivity contribution in [2.24, 2.45) is 0 Å². The van der Waals surface area contributed by atoms with E-state index < -0.39 is 0 Å². The van der Waals surface area contributed by atoms with Crippen LogP contribution in [0, 0.1) is 0 Å². The predicted molar refractivity (Wildman–Crippen MR) is 74.7 cm³/mol. The fraction of sp³-hybridized carbons (Fsp3) is 0.533. The van der Waals surface area contributed by atoms with E-state index in [1.807, 2.05) is 19.1 Å². The molecule has 1 aliphatic carbocycles. The van der Waals surface area contributed by atoms with Crippen LogP contribution in [0.1, 0.15) is 38.7 Å². The van der Waals surface area contributed by atoms with Crippen LogP contribution in [0.4, 0.5) is 5.69 Å². The summed E-state index contributed by atoms with van der Waals surface area (Å²) >= 11 is 0. The molecule has 18 heavy (non-hydrogen) atoms. The summed E-state index contributed by atoms with van der Waals surface area (Å²) in [4.78, 5) is 11.8. The van der Waals surface area contributed by atoms with Crippen molar-refractivity contribution in [3.8, 4) is 0 Å². The second-order valence-electron chi connectivity index (χ2n) is 5.10. The molecule has 0 aromatic heterocycles. The summed E-state index contributed by atoms with van der Waals surface area (Å²) in [6, 6.07) is 8.59. The van der Waals surface area contributed by atoms with E-state index >= 15 is 0 Å². The van der Waals surface area contributed by atoms with Crippen LogP contribution in [-0.2, 0) is 11.2 Å². The van der Waals surface area contributed by atoms with Gasteiger partial charge < -0.3 is 10.6 Å². The quantitative estimate of drug-likeness (QED) is 0.810. The Bertz CT molecular complexity index is 395. The minimum Gasteiger partial charge on any atom is -0.374 e. The van der Waals surface area contributed by atoms with Crippen LogP contribution >= 0.6 is 0 Å². The van der Waals surface area contributed by atoms with Crippen LogP contribution in [0.5, 0.6) is 0 Å². The molecule has 1 aromatic rings. The average molecular weight is 246 g/mol. The van der Waals surface area contributed by atoms with Crippen molar-refractivity contribution in [3.63, 3.8) is 0 Å². The monoisotopic (exact) mass is 246 g/mol. The minimum atomic E-state index is -0.178. The van der Waals surface area contributed by atoms with Gasteiger partial charge in [0.1, 0.15) is 6.04 Å². The van der Waals surface area contributed by atoms with Gasteiger partial charge in [-0.2, -0.15) is 0 Å². The van der Waals surface area contributed by atoms with Gasteiger partial charge in [-0.15, -0.1) is 0 Å². The van der Waals surface area contributed by atoms with Crippen molar-refractivity contribution in [1.82, 2.24) is 5.32 Å². The Labute approximate surface area is 109 Å². The summed E-state index contributed by atoms with van der Waals surface area (Å²) in [5, 5.41) is 6.24. The van der Waals surface area contributed by atoms with Crippen LogP contribution < -0.4 is 10.6 Å². The van der Waals surface area contributed by atoms with Gasteiger partial charge in [-0.1, -0.05) is 25.5 Å². The first-order valence-electron chi connectivity index (χ1n) is 6.85. The molecule has 1 aliphatic rings. The van der Waals surface area contributed by atoms with Gasteiger partial charge in [0.15, 0.2) is 0 Å². The van der Waals surface area contributed by atoms with Gasteiger partial charge in [0.2, 0.25) is 5.91 Å². The van der Waals surface area contributed by atoms with Crippen molar-refractivity contribution in [1.29, 1.82) is 0 Å². The first-order valence-corrected chi connectivity index (χ1v) is 6.85. The highest BCUT2D eigenvalue weighted by molar-refractivity contribution is 5.84. The van der Waals surface area contributed by atoms with E-state index in [9.17, 15) is 4.79 Å². The Balaban J connectivity index is 1.85. The molecular formula is C15H22N2O. The molecule has 3 heteroatoms. The fourth-order valence-electron chi connectivity index (χ4n) is 1.93. The summed E-state index contributed by atoms with van der Waals surface area (Å²) in [5.74, 6) is 0.0927. The van der Waals surface area contributed by atoms with E-state index in [1.165, 1.54) is 5.56 Å². The highest BCUT2D eigenvalue weighted by Crippen LogP contribution is 2.19. The molecule has 1 atom stereocenters. The third-order valence-electron chi connectivity index (χ3n) is 3.19. The number of hydrogen-bond acceptors (Lipinski definition) is 2. The highest BCUT2D eigenvalue weighted by atomic mass is 16.2. The molecule has 0 bridgehead atoms. The zero-order valence-electron chi connectivity index (χ0n) is 11.2. The molecule has 1 aromatic carbocycles. The number of amides is 1. The fourth-order valence-corrected chi connectivity index (χ4v) is 1.93. The standard InChI is InChI=1S/C15H22N2O/c1-3-4-12-5-7-13(8-6-12)16-11(2)15(18)17-14-9-10-14/h5-8,11,14,16H,3-4,9-10H2,1-2H3,(H,17,18). The van der Waals surface area contributed by atoms with E-state index in [4.69, 9.17) is 0 Å². The normalized spacial score (nSPS) is 16.1. The predicted octanol–water partition coefficient (Wildman–Crippen LogP) is 2.72. The van der Waals surface area contributed by atoms with Crippen LogP contribution in [0.3, 0.4) is 0 Å². The van der Waals surface area contributed by atoms with Crippen molar-refractivity contribution in [2.45, 2.75) is 51.6 Å². The Kier molecular flexibility index (Phi) is 4.24. The number of nitrogens with one attached hydrogen (secondary N) is 2. The number of benzene rings is 1. The zero-order chi connectivity index (χ0) is 13.0. The molecule has 1 unspecified atom stereocenters. The van der Waals surface area contributed by atoms with Gasteiger partial charge in [-0.3, -0.25) is 4.79 Å². The van der Waals surface area contributed by atoms with Crippen molar-refractivity contribution >= 4 is 11.6 Å².